The lowest BCUT2D eigenvalue weighted by Crippen LogP contribution is -2.59. The third-order valence-corrected chi connectivity index (χ3v) is 5.51. The molecule has 0 N–H and O–H groups in total. The molecule has 0 amide bonds. The second kappa shape index (κ2) is 7.05. The van der Waals surface area contributed by atoms with E-state index in [1.165, 1.54) is 16.9 Å². The van der Waals surface area contributed by atoms with Gasteiger partial charge in [0.15, 0.2) is 0 Å². The average Bonchev–Trinajstić information content (AvgIpc) is 2.89. The van der Waals surface area contributed by atoms with Gasteiger partial charge in [0.2, 0.25) is 0 Å². The number of hydrogen-bond donors (Lipinski definition) is 0. The molecule has 0 aliphatic carbocycles. The van der Waals surface area contributed by atoms with Gasteiger partial charge in [0.05, 0.1) is 7.11 Å². The van der Waals surface area contributed by atoms with E-state index in [0.717, 1.165) is 37.6 Å². The number of hydrogen-bond acceptors (Lipinski definition) is 4. The topological polar surface area (TPSA) is 44.4 Å². The molecule has 1 aliphatic heterocycles. The Labute approximate surface area is 156 Å². The number of piperazine rings is 1. The van der Waals surface area contributed by atoms with Crippen LogP contribution in [0.2, 0.25) is 0 Å². The third-order valence-electron chi connectivity index (χ3n) is 5.51. The predicted octanol–water partition coefficient (Wildman–Crippen LogP) is 3.31. The Bertz CT molecular complexity index is 814. The molecule has 3 rings (SSSR count). The van der Waals surface area contributed by atoms with Gasteiger partial charge in [0.25, 0.3) is 0 Å². The van der Waals surface area contributed by atoms with Gasteiger partial charge in [-0.3, -0.25) is 4.90 Å². The molecule has 1 saturated heterocycles. The highest BCUT2D eigenvalue weighted by Gasteiger charge is 2.34. The molecule has 1 aliphatic rings. The van der Waals surface area contributed by atoms with Crippen LogP contribution in [0.15, 0.2) is 30.3 Å². The summed E-state index contributed by atoms with van der Waals surface area (Å²) in [4.78, 5) is 4.96. The van der Waals surface area contributed by atoms with Crippen LogP contribution in [0.4, 0.5) is 5.69 Å². The second-order valence-electron chi connectivity index (χ2n) is 7.68. The Kier molecular flexibility index (Phi) is 4.97. The van der Waals surface area contributed by atoms with Crippen LogP contribution in [0.3, 0.4) is 0 Å². The summed E-state index contributed by atoms with van der Waals surface area (Å²) in [6.45, 7) is 10.5. The normalized spacial score (nSPS) is 17.2. The molecule has 1 fully saturated rings. The summed E-state index contributed by atoms with van der Waals surface area (Å²) in [5.41, 5.74) is 4.43. The van der Waals surface area contributed by atoms with Crippen molar-refractivity contribution >= 4 is 5.69 Å². The van der Waals surface area contributed by atoms with Gasteiger partial charge in [-0.25, -0.2) is 0 Å². The van der Waals surface area contributed by atoms with Crippen LogP contribution in [0.1, 0.15) is 30.8 Å². The quantitative estimate of drug-likeness (QED) is 0.847. The smallest absolute Gasteiger partial charge is 0.120 e. The maximum Gasteiger partial charge on any atom is 0.120 e. The lowest BCUT2D eigenvalue weighted by Gasteiger charge is -2.48. The van der Waals surface area contributed by atoms with Crippen molar-refractivity contribution in [3.63, 3.8) is 0 Å². The number of benzene rings is 1. The Morgan fingerprint density at radius 1 is 1.19 bits per heavy atom. The van der Waals surface area contributed by atoms with Gasteiger partial charge < -0.3 is 14.2 Å². The van der Waals surface area contributed by atoms with E-state index in [-0.39, 0.29) is 5.54 Å². The summed E-state index contributed by atoms with van der Waals surface area (Å²) in [5.74, 6) is 0.887. The first-order valence-electron chi connectivity index (χ1n) is 9.05. The second-order valence-corrected chi connectivity index (χ2v) is 7.68. The Balaban J connectivity index is 1.73. The first kappa shape index (κ1) is 18.3. The predicted molar refractivity (Wildman–Crippen MR) is 105 cm³/mol. The van der Waals surface area contributed by atoms with Gasteiger partial charge in [-0.1, -0.05) is 0 Å². The number of nitrogens with zero attached hydrogens (tertiary/aromatic N) is 4. The van der Waals surface area contributed by atoms with Crippen molar-refractivity contribution in [1.29, 1.82) is 5.26 Å². The average molecular weight is 352 g/mol. The number of aromatic nitrogens is 1. The van der Waals surface area contributed by atoms with Gasteiger partial charge in [0.1, 0.15) is 17.5 Å². The van der Waals surface area contributed by atoms with Crippen LogP contribution in [0.5, 0.6) is 5.75 Å². The van der Waals surface area contributed by atoms with Crippen LogP contribution < -0.4 is 9.64 Å². The summed E-state index contributed by atoms with van der Waals surface area (Å²) < 4.78 is 7.25. The number of ether oxygens (including phenoxy) is 1. The zero-order valence-corrected chi connectivity index (χ0v) is 16.4. The van der Waals surface area contributed by atoms with Crippen LogP contribution >= 0.6 is 0 Å². The molecule has 0 saturated carbocycles. The van der Waals surface area contributed by atoms with Crippen molar-refractivity contribution in [2.45, 2.75) is 32.9 Å². The molecule has 0 unspecified atom stereocenters. The molecule has 0 atom stereocenters. The lowest BCUT2D eigenvalue weighted by atomic mass is 9.97. The number of anilines is 1. The zero-order chi connectivity index (χ0) is 18.9. The van der Waals surface area contributed by atoms with E-state index in [4.69, 9.17) is 4.74 Å². The van der Waals surface area contributed by atoms with Crippen molar-refractivity contribution in [2.24, 2.45) is 7.05 Å². The molecule has 5 nitrogen and oxygen atoms in total. The molecule has 0 spiro atoms. The highest BCUT2D eigenvalue weighted by atomic mass is 16.5. The molecule has 2 heterocycles. The molecule has 0 bridgehead atoms. The van der Waals surface area contributed by atoms with Crippen LogP contribution in [0, 0.1) is 18.3 Å². The Morgan fingerprint density at radius 2 is 1.88 bits per heavy atom. The summed E-state index contributed by atoms with van der Waals surface area (Å²) in [6.07, 6.45) is 0. The van der Waals surface area contributed by atoms with E-state index >= 15 is 0 Å². The van der Waals surface area contributed by atoms with Crippen LogP contribution in [-0.4, -0.2) is 41.8 Å². The first-order valence-corrected chi connectivity index (χ1v) is 9.05. The van der Waals surface area contributed by atoms with E-state index in [1.807, 2.05) is 29.8 Å². The van der Waals surface area contributed by atoms with E-state index in [2.05, 4.69) is 48.8 Å². The molecule has 1 aromatic carbocycles. The molecule has 2 aromatic rings. The number of rotatable bonds is 4. The van der Waals surface area contributed by atoms with E-state index < -0.39 is 0 Å². The van der Waals surface area contributed by atoms with Gasteiger partial charge in [-0.15, -0.1) is 0 Å². The highest BCUT2D eigenvalue weighted by Crippen LogP contribution is 2.30. The molecule has 26 heavy (non-hydrogen) atoms. The summed E-state index contributed by atoms with van der Waals surface area (Å²) in [5, 5.41) is 9.24. The van der Waals surface area contributed by atoms with Gasteiger partial charge in [-0.05, 0) is 56.7 Å². The maximum absolute atomic E-state index is 9.24. The molecular formula is C21H28N4O. The Morgan fingerprint density at radius 3 is 2.42 bits per heavy atom. The minimum absolute atomic E-state index is 0.0353. The number of methoxy groups -OCH3 is 1. The highest BCUT2D eigenvalue weighted by molar-refractivity contribution is 5.52. The van der Waals surface area contributed by atoms with Gasteiger partial charge in [-0.2, -0.15) is 5.26 Å². The summed E-state index contributed by atoms with van der Waals surface area (Å²) in [7, 11) is 3.66. The fourth-order valence-electron chi connectivity index (χ4n) is 3.90. The lowest BCUT2D eigenvalue weighted by molar-refractivity contribution is 0.175. The Hall–Kier alpha value is -2.45. The number of nitriles is 1. The maximum atomic E-state index is 9.24. The van der Waals surface area contributed by atoms with Crippen molar-refractivity contribution in [3.05, 3.63) is 47.3 Å². The fourth-order valence-corrected chi connectivity index (χ4v) is 3.90. The fraction of sp³-hybridized carbons (Fsp3) is 0.476. The van der Waals surface area contributed by atoms with Gasteiger partial charge >= 0.3 is 0 Å². The van der Waals surface area contributed by atoms with E-state index in [1.54, 1.807) is 7.11 Å². The van der Waals surface area contributed by atoms with E-state index in [0.29, 0.717) is 0 Å². The zero-order valence-electron chi connectivity index (χ0n) is 16.4. The largest absolute Gasteiger partial charge is 0.497 e. The van der Waals surface area contributed by atoms with Gasteiger partial charge in [0, 0.05) is 50.1 Å². The molecule has 1 aromatic heterocycles. The van der Waals surface area contributed by atoms with Crippen molar-refractivity contribution in [3.8, 4) is 11.8 Å². The summed E-state index contributed by atoms with van der Waals surface area (Å²) >= 11 is 0. The van der Waals surface area contributed by atoms with Crippen molar-refractivity contribution < 1.29 is 4.74 Å². The van der Waals surface area contributed by atoms with Crippen LogP contribution in [-0.2, 0) is 13.6 Å². The molecular weight excluding hydrogens is 324 g/mol. The van der Waals surface area contributed by atoms with Crippen molar-refractivity contribution in [1.82, 2.24) is 9.47 Å². The van der Waals surface area contributed by atoms with E-state index in [9.17, 15) is 5.26 Å². The minimum atomic E-state index is 0.0353. The SMILES string of the molecule is COc1ccc(N2CCN(Cc3cc(C#N)n(C)c3C)CC2(C)C)cc1. The third kappa shape index (κ3) is 3.42. The van der Waals surface area contributed by atoms with Crippen molar-refractivity contribution in [2.75, 3.05) is 31.6 Å². The molecule has 138 valence electrons. The molecule has 0 radical (unpaired) electrons. The standard InChI is InChI=1S/C21H28N4O/c1-16-17(12-19(13-22)23(16)4)14-24-10-11-25(21(2,3)15-24)18-6-8-20(26-5)9-7-18/h6-9,12H,10-11,14-15H2,1-5H3. The monoisotopic (exact) mass is 352 g/mol. The molecule has 5 heteroatoms. The first-order chi connectivity index (χ1) is 12.4. The summed E-state index contributed by atoms with van der Waals surface area (Å²) in [6, 6.07) is 12.6. The minimum Gasteiger partial charge on any atom is -0.497 e. The van der Waals surface area contributed by atoms with Crippen LogP contribution in [0.25, 0.3) is 0 Å².